The average Bonchev–Trinajstić information content (AvgIpc) is 3.61. The van der Waals surface area contributed by atoms with E-state index in [-0.39, 0.29) is 53.9 Å². The Balaban J connectivity index is 1.41. The van der Waals surface area contributed by atoms with E-state index in [0.29, 0.717) is 13.0 Å². The summed E-state index contributed by atoms with van der Waals surface area (Å²) in [6, 6.07) is -3.33. The molecular weight excluding hydrogens is 699 g/mol. The van der Waals surface area contributed by atoms with Crippen LogP contribution in [-0.4, -0.2) is 89.2 Å². The van der Waals surface area contributed by atoms with Gasteiger partial charge in [-0.3, -0.25) is 19.2 Å². The lowest BCUT2D eigenvalue weighted by molar-refractivity contribution is -0.144. The third-order valence-corrected chi connectivity index (χ3v) is 13.8. The molecule has 0 spiro atoms. The number of carbonyl (C=O) groups is 6. The predicted octanol–water partition coefficient (Wildman–Crippen LogP) is 4.74. The van der Waals surface area contributed by atoms with Gasteiger partial charge < -0.3 is 35.7 Å². The molecule has 3 aliphatic carbocycles. The molecule has 5 amide bonds. The molecule has 3 saturated carbocycles. The van der Waals surface area contributed by atoms with Gasteiger partial charge in [0.1, 0.15) is 23.8 Å². The van der Waals surface area contributed by atoms with Gasteiger partial charge in [0.05, 0.1) is 6.04 Å². The fraction of sp³-hybridized carbons (Fsp3) is 0.767. The van der Waals surface area contributed by atoms with Crippen molar-refractivity contribution in [3.05, 3.63) is 12.7 Å². The number of urea groups is 1. The number of likely N-dealkylation sites (tertiary alicyclic amines) is 1. The average molecular weight is 764 g/mol. The van der Waals surface area contributed by atoms with Crippen LogP contribution < -0.4 is 21.3 Å². The normalized spacial score (nSPS) is 29.4. The SMILES string of the molecule is C#CCCC(NC(=O)[C@@H]1[C@H]2CCC(C)(C)[C@H]2CN1C(=O)[C@@H](NC(=O)NC1(CC2(C(C)(C)C)O[C@@H]2C=O)CCCCC1)C1CCCCC1)C(=O)C(=O)NCC=C. The first-order valence-electron chi connectivity index (χ1n) is 20.7. The zero-order chi connectivity index (χ0) is 40.2. The number of carbonyl (C=O) groups excluding carboxylic acids is 6. The van der Waals surface area contributed by atoms with Gasteiger partial charge in [-0.15, -0.1) is 18.9 Å². The maximum absolute atomic E-state index is 15.1. The molecule has 12 heteroatoms. The van der Waals surface area contributed by atoms with E-state index in [2.05, 4.69) is 68.4 Å². The Hall–Kier alpha value is -3.72. The second-order valence-corrected chi connectivity index (χ2v) is 18.7. The Bertz CT molecular complexity index is 1520. The van der Waals surface area contributed by atoms with Crippen molar-refractivity contribution in [1.29, 1.82) is 0 Å². The van der Waals surface area contributed by atoms with Crippen LogP contribution in [0, 0.1) is 40.9 Å². The highest BCUT2D eigenvalue weighted by Crippen LogP contribution is 2.56. The summed E-state index contributed by atoms with van der Waals surface area (Å²) >= 11 is 0. The smallest absolute Gasteiger partial charge is 0.315 e. The molecule has 0 radical (unpaired) electrons. The molecular formula is C43H65N5O7. The van der Waals surface area contributed by atoms with Crippen molar-refractivity contribution in [2.75, 3.05) is 13.1 Å². The van der Waals surface area contributed by atoms with E-state index in [1.807, 2.05) is 0 Å². The molecule has 2 heterocycles. The standard InChI is InChI=1S/C43H65N5O7/c1-8-10-19-31(35(50)37(52)44-24-9-2)45-36(51)34-29-20-23-41(6,7)30(29)25-48(34)38(53)33(28-17-13-11-14-18-28)46-39(54)47-42(21-15-12-16-22-42)27-43(40(3,4)5)32(26-49)55-43/h1,9,26,28-34H,2,10-25,27H2,3-7H3,(H,44,52)(H,45,51)(H2,46,47,54)/t29-,30-,31?,32+,33-,34-,43?/m0/s1. The topological polar surface area (TPSA) is 166 Å². The molecule has 12 nitrogen and oxygen atoms in total. The van der Waals surface area contributed by atoms with Crippen LogP contribution in [0.1, 0.15) is 131 Å². The Morgan fingerprint density at radius 1 is 0.982 bits per heavy atom. The van der Waals surface area contributed by atoms with Crippen LogP contribution in [0.5, 0.6) is 0 Å². The van der Waals surface area contributed by atoms with Crippen molar-refractivity contribution in [3.8, 4) is 12.3 Å². The maximum Gasteiger partial charge on any atom is 0.315 e. The monoisotopic (exact) mass is 763 g/mol. The third kappa shape index (κ3) is 9.13. The molecule has 304 valence electrons. The first kappa shape index (κ1) is 42.4. The van der Waals surface area contributed by atoms with Crippen LogP contribution in [0.2, 0.25) is 0 Å². The van der Waals surface area contributed by atoms with Crippen LogP contribution >= 0.6 is 0 Å². The highest BCUT2D eigenvalue weighted by molar-refractivity contribution is 6.38. The number of amides is 5. The summed E-state index contributed by atoms with van der Waals surface area (Å²) in [6.07, 6.45) is 18.6. The molecule has 4 N–H and O–H groups in total. The Morgan fingerprint density at radius 2 is 1.65 bits per heavy atom. The number of fused-ring (bicyclic) bond motifs is 1. The maximum atomic E-state index is 15.1. The summed E-state index contributed by atoms with van der Waals surface area (Å²) < 4.78 is 6.10. The molecule has 0 bridgehead atoms. The lowest BCUT2D eigenvalue weighted by atomic mass is 9.67. The van der Waals surface area contributed by atoms with Crippen molar-refractivity contribution >= 4 is 35.8 Å². The lowest BCUT2D eigenvalue weighted by Crippen LogP contribution is -2.62. The van der Waals surface area contributed by atoms with E-state index in [4.69, 9.17) is 11.2 Å². The quantitative estimate of drug-likeness (QED) is 0.0615. The highest BCUT2D eigenvalue weighted by atomic mass is 16.6. The summed E-state index contributed by atoms with van der Waals surface area (Å²) in [5.74, 6) is -0.155. The van der Waals surface area contributed by atoms with Crippen molar-refractivity contribution in [3.63, 3.8) is 0 Å². The van der Waals surface area contributed by atoms with Gasteiger partial charge in [0, 0.05) is 31.5 Å². The van der Waals surface area contributed by atoms with Crippen molar-refractivity contribution in [1.82, 2.24) is 26.2 Å². The number of hydrogen-bond acceptors (Lipinski definition) is 7. The number of hydrogen-bond donors (Lipinski definition) is 4. The Morgan fingerprint density at radius 3 is 2.25 bits per heavy atom. The van der Waals surface area contributed by atoms with Crippen molar-refractivity contribution in [2.24, 2.45) is 28.6 Å². The number of ketones is 1. The van der Waals surface area contributed by atoms with Crippen molar-refractivity contribution < 1.29 is 33.5 Å². The van der Waals surface area contributed by atoms with Gasteiger partial charge in [-0.05, 0) is 73.5 Å². The minimum atomic E-state index is -1.16. The van der Waals surface area contributed by atoms with Gasteiger partial charge in [0.15, 0.2) is 6.29 Å². The fourth-order valence-electron chi connectivity index (χ4n) is 10.4. The van der Waals surface area contributed by atoms with Gasteiger partial charge in [0.2, 0.25) is 17.6 Å². The molecule has 0 aromatic rings. The van der Waals surface area contributed by atoms with Crippen LogP contribution in [0.4, 0.5) is 4.79 Å². The number of ether oxygens (including phenoxy) is 1. The molecule has 2 saturated heterocycles. The summed E-state index contributed by atoms with van der Waals surface area (Å²) in [4.78, 5) is 83.4. The van der Waals surface area contributed by atoms with E-state index in [1.165, 1.54) is 6.08 Å². The molecule has 0 aromatic heterocycles. The minimum Gasteiger partial charge on any atom is -0.357 e. The lowest BCUT2D eigenvalue weighted by Gasteiger charge is -2.43. The van der Waals surface area contributed by atoms with Gasteiger partial charge in [-0.2, -0.15) is 0 Å². The van der Waals surface area contributed by atoms with Crippen LogP contribution in [0.25, 0.3) is 0 Å². The zero-order valence-corrected chi connectivity index (χ0v) is 33.8. The second-order valence-electron chi connectivity index (χ2n) is 18.7. The number of Topliss-reactive ketones (excluding diaryl/α,β-unsaturated/α-hetero) is 1. The fourth-order valence-corrected chi connectivity index (χ4v) is 10.4. The molecule has 5 aliphatic rings. The van der Waals surface area contributed by atoms with E-state index in [0.717, 1.165) is 83.3 Å². The van der Waals surface area contributed by atoms with Gasteiger partial charge in [-0.25, -0.2) is 4.79 Å². The number of epoxide rings is 1. The number of nitrogens with one attached hydrogen (secondary N) is 4. The summed E-state index contributed by atoms with van der Waals surface area (Å²) in [6.45, 7) is 14.6. The van der Waals surface area contributed by atoms with Crippen LogP contribution in [0.3, 0.4) is 0 Å². The number of nitrogens with zero attached hydrogens (tertiary/aromatic N) is 1. The van der Waals surface area contributed by atoms with Crippen molar-refractivity contribution in [2.45, 2.75) is 166 Å². The number of rotatable bonds is 15. The Labute approximate surface area is 327 Å². The minimum absolute atomic E-state index is 0.0344. The van der Waals surface area contributed by atoms with Crippen LogP contribution in [-0.2, 0) is 28.7 Å². The van der Waals surface area contributed by atoms with Gasteiger partial charge in [-0.1, -0.05) is 79.2 Å². The predicted molar refractivity (Wildman–Crippen MR) is 209 cm³/mol. The molecule has 5 rings (SSSR count). The first-order chi connectivity index (χ1) is 26.0. The molecule has 0 aromatic carbocycles. The molecule has 7 atom stereocenters. The molecule has 5 fully saturated rings. The summed E-state index contributed by atoms with van der Waals surface area (Å²) in [5, 5.41) is 11.8. The van der Waals surface area contributed by atoms with E-state index in [9.17, 15) is 24.0 Å². The largest absolute Gasteiger partial charge is 0.357 e. The molecule has 2 aliphatic heterocycles. The van der Waals surface area contributed by atoms with Gasteiger partial charge in [0.25, 0.3) is 5.91 Å². The Kier molecular flexibility index (Phi) is 13.3. The number of aldehydes is 1. The summed E-state index contributed by atoms with van der Waals surface area (Å²) in [5.41, 5.74) is -1.76. The van der Waals surface area contributed by atoms with E-state index in [1.54, 1.807) is 4.90 Å². The third-order valence-electron chi connectivity index (χ3n) is 13.8. The number of terminal acetylenes is 1. The molecule has 2 unspecified atom stereocenters. The first-order valence-corrected chi connectivity index (χ1v) is 20.7. The highest BCUT2D eigenvalue weighted by Gasteiger charge is 2.66. The van der Waals surface area contributed by atoms with E-state index < -0.39 is 59.0 Å². The summed E-state index contributed by atoms with van der Waals surface area (Å²) in [7, 11) is 0. The second kappa shape index (κ2) is 17.2. The van der Waals surface area contributed by atoms with Gasteiger partial charge >= 0.3 is 6.03 Å². The zero-order valence-electron chi connectivity index (χ0n) is 33.8. The van der Waals surface area contributed by atoms with E-state index >= 15 is 4.79 Å². The van der Waals surface area contributed by atoms with Crippen LogP contribution in [0.15, 0.2) is 12.7 Å². The molecule has 55 heavy (non-hydrogen) atoms.